The number of amides is 1. The predicted octanol–water partition coefficient (Wildman–Crippen LogP) is 4.58. The van der Waals surface area contributed by atoms with Gasteiger partial charge in [-0.25, -0.2) is 12.7 Å². The first-order valence-electron chi connectivity index (χ1n) is 12.3. The highest BCUT2D eigenvalue weighted by atomic mass is 32.2. The molecular formula is C25H36N2O3S. The van der Waals surface area contributed by atoms with E-state index in [-0.39, 0.29) is 16.8 Å². The molecule has 5 nitrogen and oxygen atoms in total. The number of nitrogens with zero attached hydrogens (tertiary/aromatic N) is 2. The van der Waals surface area contributed by atoms with E-state index in [2.05, 4.69) is 4.90 Å². The van der Waals surface area contributed by atoms with Crippen molar-refractivity contribution in [3.05, 3.63) is 30.3 Å². The summed E-state index contributed by atoms with van der Waals surface area (Å²) in [7, 11) is -3.82. The predicted molar refractivity (Wildman–Crippen MR) is 121 cm³/mol. The summed E-state index contributed by atoms with van der Waals surface area (Å²) in [6.45, 7) is 1.41. The van der Waals surface area contributed by atoms with Crippen LogP contribution in [0.25, 0.3) is 0 Å². The van der Waals surface area contributed by atoms with Crippen molar-refractivity contribution in [1.29, 1.82) is 0 Å². The third kappa shape index (κ3) is 4.06. The van der Waals surface area contributed by atoms with Crippen molar-refractivity contribution in [2.45, 2.75) is 107 Å². The Bertz CT molecular complexity index is 877. The highest BCUT2D eigenvalue weighted by Crippen LogP contribution is 2.46. The van der Waals surface area contributed by atoms with Gasteiger partial charge in [0.2, 0.25) is 5.91 Å². The smallest absolute Gasteiger partial charge is 0.266 e. The Morgan fingerprint density at radius 2 is 1.42 bits per heavy atom. The monoisotopic (exact) mass is 444 g/mol. The maximum absolute atomic E-state index is 13.4. The number of carbonyl (C=O) groups is 1. The number of carbonyl (C=O) groups excluding carboxylic acids is 1. The maximum Gasteiger partial charge on any atom is 0.266 e. The van der Waals surface area contributed by atoms with Crippen molar-refractivity contribution >= 4 is 15.9 Å². The first-order valence-corrected chi connectivity index (χ1v) is 13.7. The van der Waals surface area contributed by atoms with Gasteiger partial charge < -0.3 is 0 Å². The summed E-state index contributed by atoms with van der Waals surface area (Å²) in [4.78, 5) is 15.7. The van der Waals surface area contributed by atoms with Crippen molar-refractivity contribution in [2.75, 3.05) is 0 Å². The molecule has 0 N–H and O–H groups in total. The number of hydrogen-bond acceptors (Lipinski definition) is 4. The second-order valence-electron chi connectivity index (χ2n) is 10.5. The number of fused-ring (bicyclic) bond motifs is 4. The van der Waals surface area contributed by atoms with Gasteiger partial charge in [-0.05, 0) is 68.9 Å². The third-order valence-corrected chi connectivity index (χ3v) is 10.4. The Hall–Kier alpha value is -1.40. The fourth-order valence-corrected chi connectivity index (χ4v) is 9.08. The minimum Gasteiger partial charge on any atom is -0.294 e. The number of rotatable bonds is 4. The quantitative estimate of drug-likeness (QED) is 0.682. The van der Waals surface area contributed by atoms with Crippen LogP contribution >= 0.6 is 0 Å². The lowest BCUT2D eigenvalue weighted by Crippen LogP contribution is -2.62. The van der Waals surface area contributed by atoms with Gasteiger partial charge in [-0.2, -0.15) is 0 Å². The molecule has 4 bridgehead atoms. The Morgan fingerprint density at radius 1 is 0.839 bits per heavy atom. The Labute approximate surface area is 187 Å². The topological polar surface area (TPSA) is 57.7 Å². The van der Waals surface area contributed by atoms with Crippen molar-refractivity contribution < 1.29 is 13.2 Å². The molecule has 1 aromatic carbocycles. The van der Waals surface area contributed by atoms with E-state index in [1.54, 1.807) is 30.3 Å². The van der Waals surface area contributed by atoms with Gasteiger partial charge in [-0.15, -0.1) is 0 Å². The summed E-state index contributed by atoms with van der Waals surface area (Å²) in [5.41, 5.74) is 0. The van der Waals surface area contributed by atoms with Crippen LogP contribution in [0.2, 0.25) is 0 Å². The molecular weight excluding hydrogens is 408 g/mol. The molecule has 0 aromatic heterocycles. The molecule has 2 saturated heterocycles. The molecule has 4 fully saturated rings. The van der Waals surface area contributed by atoms with E-state index in [0.717, 1.165) is 37.5 Å². The van der Waals surface area contributed by atoms with Crippen LogP contribution in [-0.4, -0.2) is 47.7 Å². The summed E-state index contributed by atoms with van der Waals surface area (Å²) in [6.07, 6.45) is 13.3. The number of piperidine rings is 2. The molecule has 5 rings (SSSR count). The summed E-state index contributed by atoms with van der Waals surface area (Å²) in [6, 6.07) is 9.71. The van der Waals surface area contributed by atoms with E-state index in [0.29, 0.717) is 18.1 Å². The SMILES string of the molecule is CC(=O)N(C1CC2CCCC(C1)N2C1CC2CCCC(C2)C1)S(=O)(=O)c1ccccc1. The van der Waals surface area contributed by atoms with Gasteiger partial charge in [0.05, 0.1) is 10.9 Å². The lowest BCUT2D eigenvalue weighted by Gasteiger charge is -2.56. The van der Waals surface area contributed by atoms with Crippen LogP contribution < -0.4 is 0 Å². The molecule has 4 unspecified atom stereocenters. The largest absolute Gasteiger partial charge is 0.294 e. The molecule has 31 heavy (non-hydrogen) atoms. The average molecular weight is 445 g/mol. The van der Waals surface area contributed by atoms with Crippen LogP contribution in [-0.2, 0) is 14.8 Å². The lowest BCUT2D eigenvalue weighted by molar-refractivity contribution is -0.128. The van der Waals surface area contributed by atoms with Gasteiger partial charge in [0, 0.05) is 25.0 Å². The van der Waals surface area contributed by atoms with Gasteiger partial charge >= 0.3 is 0 Å². The minimum atomic E-state index is -3.82. The Balaban J connectivity index is 1.38. The van der Waals surface area contributed by atoms with E-state index in [1.807, 2.05) is 0 Å². The molecule has 170 valence electrons. The van der Waals surface area contributed by atoms with E-state index in [1.165, 1.54) is 56.2 Å². The van der Waals surface area contributed by atoms with Crippen LogP contribution in [0, 0.1) is 11.8 Å². The number of sulfonamides is 1. The molecule has 2 aliphatic carbocycles. The maximum atomic E-state index is 13.4. The van der Waals surface area contributed by atoms with Gasteiger partial charge in [0.1, 0.15) is 0 Å². The number of benzene rings is 1. The molecule has 6 heteroatoms. The molecule has 2 saturated carbocycles. The van der Waals surface area contributed by atoms with Crippen molar-refractivity contribution in [1.82, 2.24) is 9.21 Å². The second-order valence-corrected chi connectivity index (χ2v) is 12.3. The van der Waals surface area contributed by atoms with E-state index >= 15 is 0 Å². The second kappa shape index (κ2) is 8.51. The first kappa shape index (κ1) is 21.4. The van der Waals surface area contributed by atoms with Crippen LogP contribution in [0.4, 0.5) is 0 Å². The average Bonchev–Trinajstić information content (AvgIpc) is 2.73. The highest BCUT2D eigenvalue weighted by molar-refractivity contribution is 7.89. The fraction of sp³-hybridized carbons (Fsp3) is 0.720. The molecule has 2 heterocycles. The highest BCUT2D eigenvalue weighted by Gasteiger charge is 2.48. The summed E-state index contributed by atoms with van der Waals surface area (Å²) >= 11 is 0. The molecule has 1 aromatic rings. The molecule has 0 radical (unpaired) electrons. The number of hydrogen-bond donors (Lipinski definition) is 0. The first-order chi connectivity index (χ1) is 14.9. The molecule has 1 amide bonds. The standard InChI is InChI=1S/C25H36N2O3S/c1-18(28)27(31(29,30)25-11-3-2-4-12-25)24-16-21-9-6-10-22(17-24)26(21)23-14-19-7-5-8-20(13-19)15-23/h2-4,11-12,19-24H,5-10,13-17H2,1H3. The zero-order valence-electron chi connectivity index (χ0n) is 18.7. The molecule has 0 spiro atoms. The Morgan fingerprint density at radius 3 is 2.00 bits per heavy atom. The van der Waals surface area contributed by atoms with Gasteiger partial charge in [-0.1, -0.05) is 43.9 Å². The normalized spacial score (nSPS) is 36.0. The fourth-order valence-electron chi connectivity index (χ4n) is 7.44. The summed E-state index contributed by atoms with van der Waals surface area (Å²) < 4.78 is 28.0. The van der Waals surface area contributed by atoms with Crippen LogP contribution in [0.15, 0.2) is 35.2 Å². The third-order valence-electron chi connectivity index (χ3n) is 8.47. The van der Waals surface area contributed by atoms with E-state index in [4.69, 9.17) is 0 Å². The van der Waals surface area contributed by atoms with Gasteiger partial charge in [-0.3, -0.25) is 9.69 Å². The van der Waals surface area contributed by atoms with Crippen LogP contribution in [0.5, 0.6) is 0 Å². The van der Waals surface area contributed by atoms with E-state index in [9.17, 15) is 13.2 Å². The van der Waals surface area contributed by atoms with Crippen molar-refractivity contribution in [2.24, 2.45) is 11.8 Å². The molecule has 4 aliphatic rings. The zero-order chi connectivity index (χ0) is 21.6. The van der Waals surface area contributed by atoms with Crippen molar-refractivity contribution in [3.8, 4) is 0 Å². The van der Waals surface area contributed by atoms with E-state index < -0.39 is 10.0 Å². The minimum absolute atomic E-state index is 0.220. The lowest BCUT2D eigenvalue weighted by atomic mass is 9.68. The van der Waals surface area contributed by atoms with Gasteiger partial charge in [0.15, 0.2) is 0 Å². The van der Waals surface area contributed by atoms with Crippen molar-refractivity contribution in [3.63, 3.8) is 0 Å². The van der Waals surface area contributed by atoms with Crippen LogP contribution in [0.1, 0.15) is 77.6 Å². The zero-order valence-corrected chi connectivity index (χ0v) is 19.5. The Kier molecular flexibility index (Phi) is 5.89. The molecule has 2 aliphatic heterocycles. The molecule has 4 atom stereocenters. The summed E-state index contributed by atoms with van der Waals surface area (Å²) in [5, 5.41) is 0. The summed E-state index contributed by atoms with van der Waals surface area (Å²) in [5.74, 6) is 1.43. The van der Waals surface area contributed by atoms with Gasteiger partial charge in [0.25, 0.3) is 10.0 Å². The van der Waals surface area contributed by atoms with Crippen LogP contribution in [0.3, 0.4) is 0 Å².